The molecule has 0 bridgehead atoms. The number of para-hydroxylation sites is 1. The maximum absolute atomic E-state index is 10.1. The van der Waals surface area contributed by atoms with Gasteiger partial charge in [-0.3, -0.25) is 0 Å². The second kappa shape index (κ2) is 15.9. The number of ether oxygens (including phenoxy) is 2. The number of nitrogens with zero attached hydrogens (tertiary/aromatic N) is 1. The van der Waals surface area contributed by atoms with Crippen LogP contribution in [0.3, 0.4) is 0 Å². The van der Waals surface area contributed by atoms with Crippen molar-refractivity contribution in [1.29, 1.82) is 0 Å². The fourth-order valence-electron chi connectivity index (χ4n) is 4.37. The number of aliphatic hydroxyl groups excluding tert-OH is 4. The first-order chi connectivity index (χ1) is 17.7. The molecule has 2 aromatic carbocycles. The molecule has 208 valence electrons. The molecule has 2 unspecified atom stereocenters. The van der Waals surface area contributed by atoms with Crippen molar-refractivity contribution in [1.82, 2.24) is 0 Å². The minimum absolute atomic E-state index is 0.190. The molecule has 0 aliphatic heterocycles. The van der Waals surface area contributed by atoms with Crippen LogP contribution >= 0.6 is 9.53 Å². The van der Waals surface area contributed by atoms with Gasteiger partial charge in [-0.05, 0) is 35.6 Å². The molecule has 0 amide bonds. The molecule has 1 saturated carbocycles. The Balaban J connectivity index is 0.00000235. The number of hydrogen-bond donors (Lipinski definition) is 4. The number of halogens is 1. The van der Waals surface area contributed by atoms with E-state index < -0.39 is 30.3 Å². The number of aliphatic hydroxyl groups is 4. The summed E-state index contributed by atoms with van der Waals surface area (Å²) in [5.41, 5.74) is 4.31. The van der Waals surface area contributed by atoms with E-state index in [0.717, 1.165) is 11.3 Å². The van der Waals surface area contributed by atoms with Gasteiger partial charge in [0.05, 0.1) is 31.1 Å². The zero-order valence-electron chi connectivity index (χ0n) is 21.7. The van der Waals surface area contributed by atoms with E-state index in [1.54, 1.807) is 6.07 Å². The third-order valence-corrected chi connectivity index (χ3v) is 6.50. The van der Waals surface area contributed by atoms with Gasteiger partial charge in [0.25, 0.3) is 0 Å². The summed E-state index contributed by atoms with van der Waals surface area (Å²) in [5.74, 6) is 0.845. The summed E-state index contributed by atoms with van der Waals surface area (Å²) in [4.78, 5) is 4.81. The molecule has 0 saturated heterocycles. The summed E-state index contributed by atoms with van der Waals surface area (Å²) in [5, 5.41) is 39.3. The van der Waals surface area contributed by atoms with Crippen LogP contribution < -0.4 is 4.74 Å². The first-order valence-corrected chi connectivity index (χ1v) is 14.4. The molecule has 1 aliphatic carbocycles. The fraction of sp³-hybridized carbons (Fsp3) is 0.536. The molecule has 7 nitrogen and oxygen atoms in total. The van der Waals surface area contributed by atoms with E-state index >= 15 is 0 Å². The minimum atomic E-state index is -1.35. The third kappa shape index (κ3) is 8.84. The van der Waals surface area contributed by atoms with E-state index in [1.165, 1.54) is 11.1 Å². The molecular weight excluding hydrogens is 588 g/mol. The number of aliphatic imine (C=N–C) groups is 1. The van der Waals surface area contributed by atoms with Crippen molar-refractivity contribution in [2.75, 3.05) is 19.8 Å². The molecule has 9 heteroatoms. The summed E-state index contributed by atoms with van der Waals surface area (Å²) in [6.07, 6.45) is -2.32. The van der Waals surface area contributed by atoms with Crippen LogP contribution in [0.25, 0.3) is 0 Å². The second-order valence-electron chi connectivity index (χ2n) is 9.74. The van der Waals surface area contributed by atoms with Crippen LogP contribution in [0.1, 0.15) is 62.6 Å². The van der Waals surface area contributed by atoms with E-state index in [9.17, 15) is 20.4 Å². The van der Waals surface area contributed by atoms with E-state index in [4.69, 9.17) is 14.5 Å². The third-order valence-electron chi connectivity index (χ3n) is 6.50. The zero-order chi connectivity index (χ0) is 27.5. The first-order valence-electron chi connectivity index (χ1n) is 12.4. The SMILES string of the molecule is CC(C)c1cccc(C(C)C)c1N=Cc1[c-]cc(OCCO[C@@H]2CC(CO)[C@@H](O)[C@H](O)C2O)cc1.[Cl][Pd+]. The van der Waals surface area contributed by atoms with Gasteiger partial charge in [0.15, 0.2) is 0 Å². The summed E-state index contributed by atoms with van der Waals surface area (Å²) in [7, 11) is 4.49. The molecule has 3 rings (SSSR count). The Morgan fingerprint density at radius 1 is 1.00 bits per heavy atom. The molecule has 0 aromatic heterocycles. The molecule has 1 fully saturated rings. The topological polar surface area (TPSA) is 112 Å². The van der Waals surface area contributed by atoms with Gasteiger partial charge in [-0.1, -0.05) is 45.9 Å². The van der Waals surface area contributed by atoms with Crippen LogP contribution in [0, 0.1) is 12.0 Å². The Kier molecular flexibility index (Phi) is 13.7. The van der Waals surface area contributed by atoms with Crippen molar-refractivity contribution in [2.24, 2.45) is 10.9 Å². The van der Waals surface area contributed by atoms with Crippen LogP contribution in [0.5, 0.6) is 5.75 Å². The monoisotopic (exact) mass is 625 g/mol. The molecule has 1 aliphatic rings. The Labute approximate surface area is 234 Å². The van der Waals surface area contributed by atoms with Gasteiger partial charge in [0.2, 0.25) is 0 Å². The predicted molar refractivity (Wildman–Crippen MR) is 141 cm³/mol. The average molecular weight is 626 g/mol. The molecule has 37 heavy (non-hydrogen) atoms. The van der Waals surface area contributed by atoms with Crippen molar-refractivity contribution in [2.45, 2.75) is 70.4 Å². The molecule has 5 atom stereocenters. The molecule has 0 spiro atoms. The van der Waals surface area contributed by atoms with Crippen LogP contribution in [-0.4, -0.2) is 70.9 Å². The normalized spacial score (nSPS) is 23.9. The molecule has 4 N–H and O–H groups in total. The van der Waals surface area contributed by atoms with Gasteiger partial charge < -0.3 is 34.9 Å². The molecule has 0 radical (unpaired) electrons. The summed E-state index contributed by atoms with van der Waals surface area (Å²) in [6, 6.07) is 15.0. The molecule has 2 aromatic rings. The van der Waals surface area contributed by atoms with E-state index in [0.29, 0.717) is 17.6 Å². The van der Waals surface area contributed by atoms with E-state index in [-0.39, 0.29) is 26.2 Å². The van der Waals surface area contributed by atoms with Gasteiger partial charge in [0.1, 0.15) is 12.2 Å². The summed E-state index contributed by atoms with van der Waals surface area (Å²) < 4.78 is 11.4. The summed E-state index contributed by atoms with van der Waals surface area (Å²) in [6.45, 7) is 8.84. The zero-order valence-corrected chi connectivity index (χ0v) is 24.0. The quantitative estimate of drug-likeness (QED) is 0.137. The van der Waals surface area contributed by atoms with Gasteiger partial charge in [-0.15, -0.1) is 29.8 Å². The van der Waals surface area contributed by atoms with Crippen molar-refractivity contribution < 1.29 is 48.1 Å². The average Bonchev–Trinajstić information content (AvgIpc) is 2.91. The van der Waals surface area contributed by atoms with E-state index in [2.05, 4.69) is 79.7 Å². The van der Waals surface area contributed by atoms with Gasteiger partial charge in [0, 0.05) is 18.3 Å². The Bertz CT molecular complexity index is 943. The van der Waals surface area contributed by atoms with Crippen molar-refractivity contribution in [3.05, 3.63) is 59.2 Å². The van der Waals surface area contributed by atoms with Gasteiger partial charge in [-0.25, -0.2) is 0 Å². The van der Waals surface area contributed by atoms with Crippen LogP contribution in [0.15, 0.2) is 41.4 Å². The standard InChI is InChI=1S/C28H38NO6.ClH.Pd/c1-17(2)22-6-5-7-23(18(3)4)25(22)29-15-19-8-10-21(11-9-19)34-12-13-35-24-14-20(16-30)26(31)28(33)27(24)32;;/h5-8,10-11,15,17-18,20,24,26-28,30-33H,12-14,16H2,1-4H3;1H;/q-1;;+2/p-1/t20?,24-,26-,27?,28+;;/m1../s1. The Morgan fingerprint density at radius 3 is 2.19 bits per heavy atom. The number of rotatable bonds is 10. The second-order valence-corrected chi connectivity index (χ2v) is 9.74. The van der Waals surface area contributed by atoms with Crippen LogP contribution in [0.4, 0.5) is 5.69 Å². The maximum atomic E-state index is 10.1. The number of benzene rings is 2. The van der Waals surface area contributed by atoms with Crippen LogP contribution in [0.2, 0.25) is 0 Å². The Hall–Kier alpha value is -1.34. The first kappa shape index (κ1) is 31.9. The fourth-order valence-corrected chi connectivity index (χ4v) is 4.37. The molecular formula is C28H38ClNO6Pd. The van der Waals surface area contributed by atoms with Crippen molar-refractivity contribution in [3.63, 3.8) is 0 Å². The number of hydrogen-bond acceptors (Lipinski definition) is 7. The van der Waals surface area contributed by atoms with Crippen LogP contribution in [-0.2, 0) is 22.9 Å². The van der Waals surface area contributed by atoms with Gasteiger partial charge in [-0.2, -0.15) is 0 Å². The molecule has 0 heterocycles. The van der Waals surface area contributed by atoms with E-state index in [1.807, 2.05) is 18.3 Å². The van der Waals surface area contributed by atoms with Crippen molar-refractivity contribution >= 4 is 21.4 Å². The van der Waals surface area contributed by atoms with Crippen molar-refractivity contribution in [3.8, 4) is 5.75 Å². The predicted octanol–water partition coefficient (Wildman–Crippen LogP) is 4.03. The van der Waals surface area contributed by atoms with Gasteiger partial charge >= 0.3 is 27.7 Å². The summed E-state index contributed by atoms with van der Waals surface area (Å²) >= 11 is 2.22. The Morgan fingerprint density at radius 2 is 1.65 bits per heavy atom.